The smallest absolute Gasteiger partial charge is 0.216 e. The maximum absolute atomic E-state index is 13.2. The van der Waals surface area contributed by atoms with Crippen molar-refractivity contribution in [2.45, 2.75) is 12.3 Å². The SMILES string of the molecule is Cn1cc(-c2ncccc2CNS(=O)(=O)Cc2cccc(F)c2)cn1. The van der Waals surface area contributed by atoms with Gasteiger partial charge in [0.1, 0.15) is 5.82 Å². The van der Waals surface area contributed by atoms with Gasteiger partial charge in [-0.3, -0.25) is 9.67 Å². The Morgan fingerprint density at radius 3 is 2.80 bits per heavy atom. The summed E-state index contributed by atoms with van der Waals surface area (Å²) in [5, 5.41) is 4.11. The number of rotatable bonds is 6. The van der Waals surface area contributed by atoms with Gasteiger partial charge in [0.15, 0.2) is 0 Å². The predicted octanol–water partition coefficient (Wildman–Crippen LogP) is 2.24. The molecule has 0 spiro atoms. The molecule has 0 saturated heterocycles. The maximum atomic E-state index is 13.2. The highest BCUT2D eigenvalue weighted by Crippen LogP contribution is 2.20. The molecule has 6 nitrogen and oxygen atoms in total. The molecule has 1 aromatic carbocycles. The van der Waals surface area contributed by atoms with E-state index in [9.17, 15) is 12.8 Å². The van der Waals surface area contributed by atoms with E-state index in [4.69, 9.17) is 0 Å². The van der Waals surface area contributed by atoms with Crippen LogP contribution in [-0.4, -0.2) is 23.2 Å². The molecule has 0 bridgehead atoms. The van der Waals surface area contributed by atoms with Gasteiger partial charge < -0.3 is 0 Å². The highest BCUT2D eigenvalue weighted by atomic mass is 32.2. The average Bonchev–Trinajstić information content (AvgIpc) is 2.99. The largest absolute Gasteiger partial charge is 0.275 e. The van der Waals surface area contributed by atoms with E-state index in [2.05, 4.69) is 14.8 Å². The van der Waals surface area contributed by atoms with E-state index in [1.807, 2.05) is 6.20 Å². The fourth-order valence-electron chi connectivity index (χ4n) is 2.47. The maximum Gasteiger partial charge on any atom is 0.216 e. The van der Waals surface area contributed by atoms with Crippen LogP contribution in [0.15, 0.2) is 55.0 Å². The van der Waals surface area contributed by atoms with E-state index in [0.717, 1.165) is 11.1 Å². The zero-order valence-corrected chi connectivity index (χ0v) is 14.4. The lowest BCUT2D eigenvalue weighted by molar-refractivity contribution is 0.580. The second-order valence-corrected chi connectivity index (χ2v) is 7.43. The number of aromatic nitrogens is 3. The van der Waals surface area contributed by atoms with Crippen LogP contribution in [-0.2, 0) is 29.4 Å². The summed E-state index contributed by atoms with van der Waals surface area (Å²) >= 11 is 0. The van der Waals surface area contributed by atoms with E-state index in [0.29, 0.717) is 11.3 Å². The van der Waals surface area contributed by atoms with Gasteiger partial charge in [0.25, 0.3) is 0 Å². The summed E-state index contributed by atoms with van der Waals surface area (Å²) in [7, 11) is -1.81. The van der Waals surface area contributed by atoms with Crippen LogP contribution >= 0.6 is 0 Å². The van der Waals surface area contributed by atoms with E-state index in [-0.39, 0.29) is 12.3 Å². The first-order valence-electron chi connectivity index (χ1n) is 7.58. The Hall–Kier alpha value is -2.58. The summed E-state index contributed by atoms with van der Waals surface area (Å²) in [5.41, 5.74) is 2.61. The Balaban J connectivity index is 1.75. The van der Waals surface area contributed by atoms with Crippen molar-refractivity contribution in [3.05, 3.63) is 71.9 Å². The highest BCUT2D eigenvalue weighted by Gasteiger charge is 2.14. The van der Waals surface area contributed by atoms with E-state index in [1.54, 1.807) is 42.3 Å². The van der Waals surface area contributed by atoms with Crippen LogP contribution in [0.2, 0.25) is 0 Å². The molecule has 0 aliphatic rings. The molecule has 1 N–H and O–H groups in total. The number of pyridine rings is 1. The van der Waals surface area contributed by atoms with Crippen LogP contribution in [0.3, 0.4) is 0 Å². The van der Waals surface area contributed by atoms with Crippen molar-refractivity contribution in [2.24, 2.45) is 7.05 Å². The Kier molecular flexibility index (Phi) is 4.91. The van der Waals surface area contributed by atoms with Crippen molar-refractivity contribution in [1.82, 2.24) is 19.5 Å². The number of sulfonamides is 1. The molecule has 0 unspecified atom stereocenters. The number of aryl methyl sites for hydroxylation is 1. The summed E-state index contributed by atoms with van der Waals surface area (Å²) in [6.07, 6.45) is 5.13. The highest BCUT2D eigenvalue weighted by molar-refractivity contribution is 7.88. The minimum atomic E-state index is -3.61. The number of hydrogen-bond acceptors (Lipinski definition) is 4. The molecule has 0 atom stereocenters. The number of halogens is 1. The Labute approximate surface area is 145 Å². The molecule has 25 heavy (non-hydrogen) atoms. The normalized spacial score (nSPS) is 11.6. The van der Waals surface area contributed by atoms with Gasteiger partial charge in [-0.25, -0.2) is 17.5 Å². The summed E-state index contributed by atoms with van der Waals surface area (Å²) in [6, 6.07) is 9.11. The number of hydrogen-bond donors (Lipinski definition) is 1. The van der Waals surface area contributed by atoms with Crippen molar-refractivity contribution in [1.29, 1.82) is 0 Å². The quantitative estimate of drug-likeness (QED) is 0.731. The number of nitrogens with zero attached hydrogens (tertiary/aromatic N) is 3. The Morgan fingerprint density at radius 2 is 2.08 bits per heavy atom. The van der Waals surface area contributed by atoms with Gasteiger partial charge in [0.2, 0.25) is 10.0 Å². The lowest BCUT2D eigenvalue weighted by Crippen LogP contribution is -2.25. The summed E-state index contributed by atoms with van der Waals surface area (Å²) in [6.45, 7) is 0.0930. The molecule has 8 heteroatoms. The van der Waals surface area contributed by atoms with E-state index < -0.39 is 15.8 Å². The third-order valence-electron chi connectivity index (χ3n) is 3.60. The van der Waals surface area contributed by atoms with Crippen molar-refractivity contribution >= 4 is 10.0 Å². The van der Waals surface area contributed by atoms with Crippen LogP contribution in [0, 0.1) is 5.82 Å². The Bertz CT molecular complexity index is 986. The van der Waals surface area contributed by atoms with E-state index in [1.165, 1.54) is 18.2 Å². The molecule has 2 aromatic heterocycles. The number of benzene rings is 1. The molecule has 0 saturated carbocycles. The minimum Gasteiger partial charge on any atom is -0.275 e. The zero-order valence-electron chi connectivity index (χ0n) is 13.6. The van der Waals surface area contributed by atoms with Gasteiger partial charge in [-0.1, -0.05) is 18.2 Å². The number of nitrogens with one attached hydrogen (secondary N) is 1. The van der Waals surface area contributed by atoms with Crippen LogP contribution in [0.4, 0.5) is 4.39 Å². The molecule has 0 fully saturated rings. The van der Waals surface area contributed by atoms with Crippen LogP contribution in [0.25, 0.3) is 11.3 Å². The molecule has 2 heterocycles. The summed E-state index contributed by atoms with van der Waals surface area (Å²) in [4.78, 5) is 4.32. The van der Waals surface area contributed by atoms with Gasteiger partial charge >= 0.3 is 0 Å². The molecule has 3 rings (SSSR count). The van der Waals surface area contributed by atoms with Gasteiger partial charge in [-0.15, -0.1) is 0 Å². The topological polar surface area (TPSA) is 76.9 Å². The molecule has 3 aromatic rings. The molecule has 0 aliphatic heterocycles. The van der Waals surface area contributed by atoms with Crippen molar-refractivity contribution in [3.63, 3.8) is 0 Å². The fourth-order valence-corrected chi connectivity index (χ4v) is 3.57. The molecular weight excluding hydrogens is 343 g/mol. The molecule has 0 radical (unpaired) electrons. The summed E-state index contributed by atoms with van der Waals surface area (Å²) in [5.74, 6) is -0.744. The summed E-state index contributed by atoms with van der Waals surface area (Å²) < 4.78 is 41.9. The molecule has 0 amide bonds. The molecular formula is C17H17FN4O2S. The second kappa shape index (κ2) is 7.12. The second-order valence-electron chi connectivity index (χ2n) is 5.62. The van der Waals surface area contributed by atoms with Crippen molar-refractivity contribution in [2.75, 3.05) is 0 Å². The zero-order chi connectivity index (χ0) is 17.9. The van der Waals surface area contributed by atoms with Gasteiger partial charge in [0.05, 0.1) is 17.6 Å². The Morgan fingerprint density at radius 1 is 1.24 bits per heavy atom. The van der Waals surface area contributed by atoms with Crippen LogP contribution in [0.5, 0.6) is 0 Å². The third kappa shape index (κ3) is 4.49. The van der Waals surface area contributed by atoms with Crippen LogP contribution < -0.4 is 4.72 Å². The van der Waals surface area contributed by atoms with Gasteiger partial charge in [0, 0.05) is 31.5 Å². The first-order valence-corrected chi connectivity index (χ1v) is 9.23. The van der Waals surface area contributed by atoms with Crippen molar-refractivity contribution in [3.8, 4) is 11.3 Å². The third-order valence-corrected chi connectivity index (χ3v) is 4.90. The monoisotopic (exact) mass is 360 g/mol. The van der Waals surface area contributed by atoms with Crippen LogP contribution in [0.1, 0.15) is 11.1 Å². The van der Waals surface area contributed by atoms with Gasteiger partial charge in [-0.2, -0.15) is 5.10 Å². The predicted molar refractivity (Wildman–Crippen MR) is 92.3 cm³/mol. The lowest BCUT2D eigenvalue weighted by Gasteiger charge is -2.09. The lowest BCUT2D eigenvalue weighted by atomic mass is 10.1. The fraction of sp³-hybridized carbons (Fsp3) is 0.176. The standard InChI is InChI=1S/C17H17FN4O2S/c1-22-11-15(9-20-22)17-14(5-3-7-19-17)10-21-25(23,24)12-13-4-2-6-16(18)8-13/h2-9,11,21H,10,12H2,1H3. The van der Waals surface area contributed by atoms with Crippen molar-refractivity contribution < 1.29 is 12.8 Å². The van der Waals surface area contributed by atoms with Gasteiger partial charge in [-0.05, 0) is 29.3 Å². The molecule has 130 valence electrons. The first-order chi connectivity index (χ1) is 11.9. The molecule has 0 aliphatic carbocycles. The van der Waals surface area contributed by atoms with E-state index >= 15 is 0 Å². The average molecular weight is 360 g/mol. The minimum absolute atomic E-state index is 0.0930. The first kappa shape index (κ1) is 17.2.